The van der Waals surface area contributed by atoms with E-state index in [1.807, 2.05) is 60.8 Å². The van der Waals surface area contributed by atoms with E-state index in [1.54, 1.807) is 4.68 Å². The van der Waals surface area contributed by atoms with Crippen LogP contribution in [0, 0.1) is 5.92 Å². The summed E-state index contributed by atoms with van der Waals surface area (Å²) in [6.45, 7) is 1.36. The van der Waals surface area contributed by atoms with E-state index in [4.69, 9.17) is 16.3 Å². The maximum absolute atomic E-state index is 13.2. The molecule has 2 heterocycles. The van der Waals surface area contributed by atoms with E-state index in [1.165, 1.54) is 0 Å². The molecule has 1 N–H and O–H groups in total. The lowest BCUT2D eigenvalue weighted by Gasteiger charge is -2.24. The van der Waals surface area contributed by atoms with Gasteiger partial charge in [-0.3, -0.25) is 9.48 Å². The summed E-state index contributed by atoms with van der Waals surface area (Å²) in [6, 6.07) is 17.3. The molecule has 1 aliphatic rings. The summed E-state index contributed by atoms with van der Waals surface area (Å²) in [5, 5.41) is 12.2. The van der Waals surface area contributed by atoms with Gasteiger partial charge in [0.15, 0.2) is 0 Å². The summed E-state index contributed by atoms with van der Waals surface area (Å²) in [4.78, 5) is 13.2. The molecule has 0 unspecified atom stereocenters. The zero-order valence-electron chi connectivity index (χ0n) is 16.0. The number of carbonyl (C=O) groups is 1. The largest absolute Gasteiger partial charge is 0.373 e. The van der Waals surface area contributed by atoms with Gasteiger partial charge in [-0.05, 0) is 36.1 Å². The molecule has 0 radical (unpaired) electrons. The second kappa shape index (κ2) is 9.20. The first kappa shape index (κ1) is 19.6. The monoisotopic (exact) mass is 410 g/mol. The van der Waals surface area contributed by atoms with Crippen LogP contribution >= 0.6 is 11.6 Å². The van der Waals surface area contributed by atoms with Gasteiger partial charge in [0, 0.05) is 17.5 Å². The molecule has 4 rings (SSSR count). The van der Waals surface area contributed by atoms with Crippen molar-refractivity contribution in [3.63, 3.8) is 0 Å². The van der Waals surface area contributed by atoms with E-state index < -0.39 is 0 Å². The molecule has 150 valence electrons. The van der Waals surface area contributed by atoms with E-state index in [9.17, 15) is 4.79 Å². The highest BCUT2D eigenvalue weighted by Gasteiger charge is 2.24. The van der Waals surface area contributed by atoms with Crippen molar-refractivity contribution in [2.45, 2.75) is 32.0 Å². The third kappa shape index (κ3) is 5.22. The van der Waals surface area contributed by atoms with Gasteiger partial charge in [0.1, 0.15) is 5.69 Å². The number of hydrogen-bond donors (Lipinski definition) is 1. The lowest BCUT2D eigenvalue weighted by Crippen LogP contribution is -2.37. The van der Waals surface area contributed by atoms with Crippen molar-refractivity contribution in [2.75, 3.05) is 6.61 Å². The van der Waals surface area contributed by atoms with E-state index in [-0.39, 0.29) is 17.9 Å². The van der Waals surface area contributed by atoms with Crippen LogP contribution in [0.25, 0.3) is 0 Å². The number of nitrogens with zero attached hydrogens (tertiary/aromatic N) is 3. The molecule has 0 saturated carbocycles. The molecule has 7 heteroatoms. The van der Waals surface area contributed by atoms with Crippen LogP contribution in [0.15, 0.2) is 60.8 Å². The maximum atomic E-state index is 13.2. The summed E-state index contributed by atoms with van der Waals surface area (Å²) in [7, 11) is 0. The van der Waals surface area contributed by atoms with E-state index in [2.05, 4.69) is 15.6 Å². The maximum Gasteiger partial charge on any atom is 0.224 e. The number of ether oxygens (including phenoxy) is 1. The highest BCUT2D eigenvalue weighted by atomic mass is 35.5. The van der Waals surface area contributed by atoms with Crippen molar-refractivity contribution in [1.29, 1.82) is 0 Å². The van der Waals surface area contributed by atoms with Crippen molar-refractivity contribution in [3.05, 3.63) is 82.6 Å². The SMILES string of the molecule is O=C1N[C@H](c2ccccc2)COCc2cn(nn2)CC[C@H]1Cc1ccc(Cl)cc1. The Morgan fingerprint density at radius 2 is 1.93 bits per heavy atom. The van der Waals surface area contributed by atoms with Crippen LogP contribution in [0.2, 0.25) is 5.02 Å². The van der Waals surface area contributed by atoms with Gasteiger partial charge >= 0.3 is 0 Å². The van der Waals surface area contributed by atoms with Gasteiger partial charge in [-0.25, -0.2) is 0 Å². The fourth-order valence-corrected chi connectivity index (χ4v) is 3.64. The number of aryl methyl sites for hydroxylation is 1. The van der Waals surface area contributed by atoms with Gasteiger partial charge in [-0.15, -0.1) is 5.10 Å². The molecule has 0 spiro atoms. The number of amides is 1. The van der Waals surface area contributed by atoms with Gasteiger partial charge in [0.05, 0.1) is 25.5 Å². The number of hydrogen-bond acceptors (Lipinski definition) is 4. The number of carbonyl (C=O) groups excluding carboxylic acids is 1. The number of nitrogens with one attached hydrogen (secondary N) is 1. The average Bonchev–Trinajstić information content (AvgIpc) is 3.19. The van der Waals surface area contributed by atoms with Crippen molar-refractivity contribution in [2.24, 2.45) is 5.92 Å². The zero-order valence-corrected chi connectivity index (χ0v) is 16.8. The minimum atomic E-state index is -0.217. The van der Waals surface area contributed by atoms with Crippen LogP contribution in [0.5, 0.6) is 0 Å². The van der Waals surface area contributed by atoms with Gasteiger partial charge in [-0.1, -0.05) is 59.3 Å². The summed E-state index contributed by atoms with van der Waals surface area (Å²) >= 11 is 6.00. The molecular weight excluding hydrogens is 388 g/mol. The highest BCUT2D eigenvalue weighted by molar-refractivity contribution is 6.30. The number of halogens is 1. The molecule has 6 nitrogen and oxygen atoms in total. The molecule has 0 saturated heterocycles. The zero-order chi connectivity index (χ0) is 20.1. The first-order chi connectivity index (χ1) is 14.2. The smallest absolute Gasteiger partial charge is 0.224 e. The van der Waals surface area contributed by atoms with Crippen molar-refractivity contribution in [1.82, 2.24) is 20.3 Å². The van der Waals surface area contributed by atoms with Gasteiger partial charge < -0.3 is 10.1 Å². The third-order valence-corrected chi connectivity index (χ3v) is 5.36. The third-order valence-electron chi connectivity index (χ3n) is 5.11. The number of fused-ring (bicyclic) bond motifs is 2. The van der Waals surface area contributed by atoms with E-state index in [0.29, 0.717) is 37.6 Å². The fraction of sp³-hybridized carbons (Fsp3) is 0.318. The molecule has 2 atom stereocenters. The Morgan fingerprint density at radius 1 is 1.14 bits per heavy atom. The van der Waals surface area contributed by atoms with Crippen LogP contribution in [-0.2, 0) is 29.1 Å². The highest BCUT2D eigenvalue weighted by Crippen LogP contribution is 2.20. The summed E-state index contributed by atoms with van der Waals surface area (Å²) < 4.78 is 7.62. The molecule has 3 aromatic rings. The van der Waals surface area contributed by atoms with Crippen LogP contribution in [-0.4, -0.2) is 27.5 Å². The summed E-state index contributed by atoms with van der Waals surface area (Å²) in [6.07, 6.45) is 3.18. The fourth-order valence-electron chi connectivity index (χ4n) is 3.51. The molecule has 1 amide bonds. The van der Waals surface area contributed by atoms with Gasteiger partial charge in [0.2, 0.25) is 5.91 Å². The predicted octanol–water partition coefficient (Wildman–Crippen LogP) is 3.57. The first-order valence-electron chi connectivity index (χ1n) is 9.74. The summed E-state index contributed by atoms with van der Waals surface area (Å²) in [5.74, 6) is -0.187. The lowest BCUT2D eigenvalue weighted by molar-refractivity contribution is -0.126. The Balaban J connectivity index is 1.58. The predicted molar refractivity (Wildman–Crippen MR) is 110 cm³/mol. The Labute approximate surface area is 174 Å². The Morgan fingerprint density at radius 3 is 2.72 bits per heavy atom. The van der Waals surface area contributed by atoms with Crippen molar-refractivity contribution < 1.29 is 9.53 Å². The van der Waals surface area contributed by atoms with Crippen LogP contribution in [0.3, 0.4) is 0 Å². The normalized spacial score (nSPS) is 20.4. The second-order valence-electron chi connectivity index (χ2n) is 7.28. The molecule has 29 heavy (non-hydrogen) atoms. The van der Waals surface area contributed by atoms with Crippen LogP contribution < -0.4 is 5.32 Å². The topological polar surface area (TPSA) is 69.0 Å². The molecular formula is C22H23ClN4O2. The number of benzene rings is 2. The second-order valence-corrected chi connectivity index (χ2v) is 7.71. The van der Waals surface area contributed by atoms with E-state index in [0.717, 1.165) is 16.8 Å². The van der Waals surface area contributed by atoms with E-state index >= 15 is 0 Å². The Kier molecular flexibility index (Phi) is 6.22. The lowest BCUT2D eigenvalue weighted by atomic mass is 9.94. The van der Waals surface area contributed by atoms with Gasteiger partial charge in [-0.2, -0.15) is 0 Å². The molecule has 0 fully saturated rings. The first-order valence-corrected chi connectivity index (χ1v) is 10.1. The van der Waals surface area contributed by atoms with Crippen molar-refractivity contribution in [3.8, 4) is 0 Å². The number of rotatable bonds is 3. The molecule has 2 aromatic carbocycles. The minimum absolute atomic E-state index is 0.0123. The molecule has 1 aliphatic heterocycles. The average molecular weight is 411 g/mol. The van der Waals surface area contributed by atoms with Crippen molar-refractivity contribution >= 4 is 17.5 Å². The van der Waals surface area contributed by atoms with Gasteiger partial charge in [0.25, 0.3) is 0 Å². The summed E-state index contributed by atoms with van der Waals surface area (Å²) in [5.41, 5.74) is 2.89. The van der Waals surface area contributed by atoms with Crippen LogP contribution in [0.4, 0.5) is 0 Å². The Bertz CT molecular complexity index is 943. The molecule has 1 aromatic heterocycles. The molecule has 0 aliphatic carbocycles. The minimum Gasteiger partial charge on any atom is -0.373 e. The standard InChI is InChI=1S/C22H23ClN4O2/c23-19-8-6-16(7-9-19)12-18-10-11-27-13-20(25-26-27)14-29-15-21(24-22(18)28)17-4-2-1-3-5-17/h1-9,13,18,21H,10-12,14-15H2,(H,24,28)/t18-,21-/m0/s1. The number of aromatic nitrogens is 3. The molecule has 2 bridgehead atoms. The van der Waals surface area contributed by atoms with Crippen LogP contribution in [0.1, 0.15) is 29.3 Å². The Hall–Kier alpha value is -2.70. The quantitative estimate of drug-likeness (QED) is 0.716.